The summed E-state index contributed by atoms with van der Waals surface area (Å²) < 4.78 is 32.7. The predicted molar refractivity (Wildman–Crippen MR) is 70.4 cm³/mol. The van der Waals surface area contributed by atoms with Crippen LogP contribution in [-0.4, -0.2) is 36.6 Å². The lowest BCUT2D eigenvalue weighted by molar-refractivity contribution is -0.126. The molecule has 1 heterocycles. The van der Waals surface area contributed by atoms with Gasteiger partial charge in [0.05, 0.1) is 13.0 Å². The maximum Gasteiger partial charge on any atom is 0.223 e. The third-order valence-corrected chi connectivity index (χ3v) is 3.77. The van der Waals surface area contributed by atoms with E-state index in [1.807, 2.05) is 6.26 Å². The van der Waals surface area contributed by atoms with Crippen molar-refractivity contribution in [1.29, 1.82) is 0 Å². The highest BCUT2D eigenvalue weighted by Gasteiger charge is 2.33. The van der Waals surface area contributed by atoms with Crippen molar-refractivity contribution in [2.75, 3.05) is 25.8 Å². The zero-order chi connectivity index (χ0) is 14.0. The van der Waals surface area contributed by atoms with E-state index in [9.17, 15) is 13.6 Å². The molecule has 19 heavy (non-hydrogen) atoms. The number of thioether (sulfide) groups is 1. The topological polar surface area (TPSA) is 29.5 Å². The van der Waals surface area contributed by atoms with Crippen molar-refractivity contribution in [1.82, 2.24) is 4.90 Å². The average Bonchev–Trinajstić information content (AvgIpc) is 2.70. The van der Waals surface area contributed by atoms with Crippen molar-refractivity contribution in [3.05, 3.63) is 29.3 Å². The van der Waals surface area contributed by atoms with Crippen molar-refractivity contribution >= 4 is 17.7 Å². The Balaban J connectivity index is 2.26. The van der Waals surface area contributed by atoms with E-state index in [-0.39, 0.29) is 23.6 Å². The van der Waals surface area contributed by atoms with Gasteiger partial charge < -0.3 is 9.64 Å². The molecule has 0 aromatic heterocycles. The van der Waals surface area contributed by atoms with E-state index in [1.165, 1.54) is 18.9 Å². The number of methoxy groups -OCH3 is 1. The molecule has 0 radical (unpaired) electrons. The number of hydrogen-bond acceptors (Lipinski definition) is 3. The molecule has 2 rings (SSSR count). The molecule has 0 N–H and O–H groups in total. The first-order valence-electron chi connectivity index (χ1n) is 5.86. The van der Waals surface area contributed by atoms with E-state index >= 15 is 0 Å². The molecule has 1 amide bonds. The maximum absolute atomic E-state index is 13.9. The first-order valence-corrected chi connectivity index (χ1v) is 7.25. The van der Waals surface area contributed by atoms with Crippen molar-refractivity contribution in [2.24, 2.45) is 0 Å². The largest absolute Gasteiger partial charge is 0.497 e. The molecule has 0 saturated carbocycles. The SMILES string of the molecule is COc1cc(F)c(C2CC(=O)N(CSC)C2)c(F)c1. The van der Waals surface area contributed by atoms with Crippen molar-refractivity contribution in [3.63, 3.8) is 0 Å². The van der Waals surface area contributed by atoms with Crippen LogP contribution in [0.3, 0.4) is 0 Å². The van der Waals surface area contributed by atoms with Crippen molar-refractivity contribution < 1.29 is 18.3 Å². The average molecular weight is 287 g/mol. The van der Waals surface area contributed by atoms with Crippen LogP contribution in [0.5, 0.6) is 5.75 Å². The van der Waals surface area contributed by atoms with Gasteiger partial charge in [-0.25, -0.2) is 8.78 Å². The van der Waals surface area contributed by atoms with Crippen LogP contribution in [0, 0.1) is 11.6 Å². The number of carbonyl (C=O) groups excluding carboxylic acids is 1. The van der Waals surface area contributed by atoms with Crippen LogP contribution in [0.4, 0.5) is 8.78 Å². The summed E-state index contributed by atoms with van der Waals surface area (Å²) in [6.07, 6.45) is 2.04. The monoisotopic (exact) mass is 287 g/mol. The van der Waals surface area contributed by atoms with Gasteiger partial charge in [-0.15, -0.1) is 11.8 Å². The Bertz CT molecular complexity index is 473. The van der Waals surface area contributed by atoms with E-state index in [2.05, 4.69) is 0 Å². The Labute approximate surface area is 114 Å². The molecule has 1 aliphatic rings. The Morgan fingerprint density at radius 1 is 1.42 bits per heavy atom. The third-order valence-electron chi connectivity index (χ3n) is 3.20. The van der Waals surface area contributed by atoms with Gasteiger partial charge in [-0.2, -0.15) is 0 Å². The lowest BCUT2D eigenvalue weighted by atomic mass is 9.97. The van der Waals surface area contributed by atoms with Gasteiger partial charge in [0.1, 0.15) is 17.4 Å². The maximum atomic E-state index is 13.9. The number of rotatable bonds is 4. The van der Waals surface area contributed by atoms with E-state index in [0.29, 0.717) is 12.4 Å². The van der Waals surface area contributed by atoms with Crippen LogP contribution in [-0.2, 0) is 4.79 Å². The van der Waals surface area contributed by atoms with Gasteiger partial charge >= 0.3 is 0 Å². The second-order valence-corrected chi connectivity index (χ2v) is 5.28. The van der Waals surface area contributed by atoms with Gasteiger partial charge in [0.15, 0.2) is 0 Å². The molecule has 1 aromatic carbocycles. The van der Waals surface area contributed by atoms with Crippen LogP contribution in [0.1, 0.15) is 17.9 Å². The molecule has 104 valence electrons. The number of amides is 1. The Hall–Kier alpha value is -1.30. The molecule has 1 fully saturated rings. The van der Waals surface area contributed by atoms with E-state index in [1.54, 1.807) is 4.90 Å². The van der Waals surface area contributed by atoms with Gasteiger partial charge in [-0.1, -0.05) is 0 Å². The van der Waals surface area contributed by atoms with Gasteiger partial charge in [-0.3, -0.25) is 4.79 Å². The molecule has 0 bridgehead atoms. The molecule has 1 saturated heterocycles. The van der Waals surface area contributed by atoms with E-state index < -0.39 is 17.6 Å². The van der Waals surface area contributed by atoms with E-state index in [0.717, 1.165) is 12.1 Å². The molecule has 1 aromatic rings. The summed E-state index contributed by atoms with van der Waals surface area (Å²) in [7, 11) is 1.35. The zero-order valence-corrected chi connectivity index (χ0v) is 11.6. The summed E-state index contributed by atoms with van der Waals surface area (Å²) in [5.74, 6) is -1.10. The molecular formula is C13H15F2NO2S. The fourth-order valence-corrected chi connectivity index (χ4v) is 2.88. The number of benzene rings is 1. The van der Waals surface area contributed by atoms with Crippen LogP contribution < -0.4 is 4.74 Å². The first-order chi connectivity index (χ1) is 9.06. The number of carbonyl (C=O) groups is 1. The lowest BCUT2D eigenvalue weighted by Crippen LogP contribution is -2.24. The second kappa shape index (κ2) is 5.77. The van der Waals surface area contributed by atoms with Gasteiger partial charge in [0, 0.05) is 36.6 Å². The number of likely N-dealkylation sites (tertiary alicyclic amines) is 1. The smallest absolute Gasteiger partial charge is 0.223 e. The summed E-state index contributed by atoms with van der Waals surface area (Å²) in [5.41, 5.74) is -0.0160. The molecule has 3 nitrogen and oxygen atoms in total. The highest BCUT2D eigenvalue weighted by atomic mass is 32.2. The van der Waals surface area contributed by atoms with E-state index in [4.69, 9.17) is 4.74 Å². The summed E-state index contributed by atoms with van der Waals surface area (Å²) in [6.45, 7) is 0.361. The molecular weight excluding hydrogens is 272 g/mol. The summed E-state index contributed by atoms with van der Waals surface area (Å²) >= 11 is 1.51. The lowest BCUT2D eigenvalue weighted by Gasteiger charge is -2.16. The Kier molecular flexibility index (Phi) is 4.29. The molecule has 1 aliphatic heterocycles. The minimum atomic E-state index is -0.652. The standard InChI is InChI=1S/C13H15F2NO2S/c1-18-9-4-10(14)13(11(15)5-9)8-3-12(17)16(6-8)7-19-2/h4-5,8H,3,6-7H2,1-2H3. The van der Waals surface area contributed by atoms with Crippen LogP contribution in [0.15, 0.2) is 12.1 Å². The van der Waals surface area contributed by atoms with Gasteiger partial charge in [0.2, 0.25) is 5.91 Å². The predicted octanol–water partition coefficient (Wildman–Crippen LogP) is 2.61. The van der Waals surface area contributed by atoms with Crippen molar-refractivity contribution in [3.8, 4) is 5.75 Å². The quantitative estimate of drug-likeness (QED) is 0.852. The van der Waals surface area contributed by atoms with Crippen molar-refractivity contribution in [2.45, 2.75) is 12.3 Å². The molecule has 1 atom stereocenters. The number of ether oxygens (including phenoxy) is 1. The highest BCUT2D eigenvalue weighted by molar-refractivity contribution is 7.98. The summed E-state index contributed by atoms with van der Waals surface area (Å²) in [6, 6.07) is 2.31. The Morgan fingerprint density at radius 2 is 2.05 bits per heavy atom. The number of nitrogens with zero attached hydrogens (tertiary/aromatic N) is 1. The number of hydrogen-bond donors (Lipinski definition) is 0. The van der Waals surface area contributed by atoms with Crippen LogP contribution >= 0.6 is 11.8 Å². The minimum absolute atomic E-state index is 0.0160. The molecule has 1 unspecified atom stereocenters. The number of halogens is 2. The normalized spacial score (nSPS) is 19.1. The second-order valence-electron chi connectivity index (χ2n) is 4.44. The Morgan fingerprint density at radius 3 is 2.58 bits per heavy atom. The zero-order valence-electron chi connectivity index (χ0n) is 10.8. The third kappa shape index (κ3) is 2.83. The highest BCUT2D eigenvalue weighted by Crippen LogP contribution is 2.34. The molecule has 6 heteroatoms. The fraction of sp³-hybridized carbons (Fsp3) is 0.462. The minimum Gasteiger partial charge on any atom is -0.497 e. The first kappa shape index (κ1) is 14.1. The molecule has 0 spiro atoms. The van der Waals surface area contributed by atoms with Crippen LogP contribution in [0.25, 0.3) is 0 Å². The fourth-order valence-electron chi connectivity index (χ4n) is 2.32. The summed E-state index contributed by atoms with van der Waals surface area (Å²) in [4.78, 5) is 13.4. The van der Waals surface area contributed by atoms with Crippen LogP contribution in [0.2, 0.25) is 0 Å². The van der Waals surface area contributed by atoms with Gasteiger partial charge in [0.25, 0.3) is 0 Å². The summed E-state index contributed by atoms with van der Waals surface area (Å²) in [5, 5.41) is 0. The van der Waals surface area contributed by atoms with Gasteiger partial charge in [-0.05, 0) is 6.26 Å². The molecule has 0 aliphatic carbocycles.